The van der Waals surface area contributed by atoms with Crippen LogP contribution in [0.2, 0.25) is 0 Å². The second kappa shape index (κ2) is 8.02. The smallest absolute Gasteiger partial charge is 0.255 e. The average Bonchev–Trinajstić information content (AvgIpc) is 3.06. The standard InChI is InChI=1S/C24H32N4O3/c25-17-10-24(11-17)8-6-15(7-9-24)12-26-13-16-2-1-3-18-19(16)14-28(23(18)31)20-4-5-21(29)27-22(20)30/h1-3,15,17,20,26H,4-14,25H2,(H,27,29,30). The van der Waals surface area contributed by atoms with Crippen LogP contribution in [-0.2, 0) is 22.7 Å². The first kappa shape index (κ1) is 20.6. The van der Waals surface area contributed by atoms with Gasteiger partial charge in [0, 0.05) is 31.1 Å². The molecule has 0 radical (unpaired) electrons. The van der Waals surface area contributed by atoms with Gasteiger partial charge in [0.15, 0.2) is 0 Å². The van der Waals surface area contributed by atoms with Crippen molar-refractivity contribution in [2.24, 2.45) is 17.1 Å². The van der Waals surface area contributed by atoms with E-state index in [9.17, 15) is 14.4 Å². The molecule has 4 aliphatic rings. The monoisotopic (exact) mass is 424 g/mol. The van der Waals surface area contributed by atoms with Crippen molar-refractivity contribution in [3.05, 3.63) is 34.9 Å². The lowest BCUT2D eigenvalue weighted by Gasteiger charge is -2.50. The molecule has 1 unspecified atom stereocenters. The van der Waals surface area contributed by atoms with E-state index >= 15 is 0 Å². The average molecular weight is 425 g/mol. The molecule has 3 fully saturated rings. The molecule has 166 valence electrons. The number of carbonyl (C=O) groups excluding carboxylic acids is 3. The van der Waals surface area contributed by atoms with Crippen LogP contribution in [0.3, 0.4) is 0 Å². The van der Waals surface area contributed by atoms with E-state index in [1.165, 1.54) is 38.5 Å². The summed E-state index contributed by atoms with van der Waals surface area (Å²) in [6, 6.07) is 5.70. The van der Waals surface area contributed by atoms with Gasteiger partial charge in [0.05, 0.1) is 0 Å². The Bertz CT molecular complexity index is 898. The van der Waals surface area contributed by atoms with Crippen LogP contribution >= 0.6 is 0 Å². The van der Waals surface area contributed by atoms with Crippen molar-refractivity contribution in [3.63, 3.8) is 0 Å². The minimum Gasteiger partial charge on any atom is -0.328 e. The number of carbonyl (C=O) groups is 3. The van der Waals surface area contributed by atoms with E-state index in [1.807, 2.05) is 12.1 Å². The minimum atomic E-state index is -0.562. The third kappa shape index (κ3) is 3.89. The van der Waals surface area contributed by atoms with E-state index in [2.05, 4.69) is 16.7 Å². The van der Waals surface area contributed by atoms with Gasteiger partial charge in [-0.1, -0.05) is 12.1 Å². The molecule has 1 atom stereocenters. The number of hydrogen-bond donors (Lipinski definition) is 3. The summed E-state index contributed by atoms with van der Waals surface area (Å²) < 4.78 is 0. The van der Waals surface area contributed by atoms with E-state index < -0.39 is 6.04 Å². The SMILES string of the molecule is NC1CC2(CCC(CNCc3cccc4c3CN(C3CCC(=O)NC3=O)C4=O)CC2)C1. The Kier molecular flexibility index (Phi) is 5.34. The minimum absolute atomic E-state index is 0.109. The van der Waals surface area contributed by atoms with Gasteiger partial charge in [-0.05, 0) is 80.0 Å². The van der Waals surface area contributed by atoms with E-state index in [-0.39, 0.29) is 24.1 Å². The molecule has 1 aromatic carbocycles. The van der Waals surface area contributed by atoms with Gasteiger partial charge < -0.3 is 16.0 Å². The molecule has 0 bridgehead atoms. The fourth-order valence-electron chi connectivity index (χ4n) is 6.18. The fraction of sp³-hybridized carbons (Fsp3) is 0.625. The van der Waals surface area contributed by atoms with Crippen LogP contribution in [0.4, 0.5) is 0 Å². The van der Waals surface area contributed by atoms with Crippen molar-refractivity contribution in [1.29, 1.82) is 0 Å². The highest BCUT2D eigenvalue weighted by Crippen LogP contribution is 2.52. The van der Waals surface area contributed by atoms with Gasteiger partial charge >= 0.3 is 0 Å². The van der Waals surface area contributed by atoms with Crippen molar-refractivity contribution in [3.8, 4) is 0 Å². The summed E-state index contributed by atoms with van der Waals surface area (Å²) in [4.78, 5) is 38.3. The Balaban J connectivity index is 1.17. The molecule has 1 aromatic rings. The predicted molar refractivity (Wildman–Crippen MR) is 116 cm³/mol. The number of fused-ring (bicyclic) bond motifs is 1. The third-order valence-corrected chi connectivity index (χ3v) is 7.98. The van der Waals surface area contributed by atoms with Crippen molar-refractivity contribution in [2.75, 3.05) is 6.54 Å². The highest BCUT2D eigenvalue weighted by Gasteiger charge is 2.44. The van der Waals surface area contributed by atoms with E-state index in [4.69, 9.17) is 5.73 Å². The molecular formula is C24H32N4O3. The summed E-state index contributed by atoms with van der Waals surface area (Å²) in [5.41, 5.74) is 9.38. The van der Waals surface area contributed by atoms with Crippen molar-refractivity contribution < 1.29 is 14.4 Å². The maximum atomic E-state index is 12.9. The summed E-state index contributed by atoms with van der Waals surface area (Å²) in [5, 5.41) is 5.98. The highest BCUT2D eigenvalue weighted by molar-refractivity contribution is 6.05. The zero-order chi connectivity index (χ0) is 21.6. The van der Waals surface area contributed by atoms with E-state index in [1.54, 1.807) is 4.90 Å². The largest absolute Gasteiger partial charge is 0.328 e. The van der Waals surface area contributed by atoms with Crippen molar-refractivity contribution >= 4 is 17.7 Å². The summed E-state index contributed by atoms with van der Waals surface area (Å²) in [7, 11) is 0. The lowest BCUT2D eigenvalue weighted by Crippen LogP contribution is -2.52. The quantitative estimate of drug-likeness (QED) is 0.626. The molecule has 7 heteroatoms. The van der Waals surface area contributed by atoms with Gasteiger partial charge in [0.25, 0.3) is 5.91 Å². The number of nitrogens with one attached hydrogen (secondary N) is 2. The first-order valence-electron chi connectivity index (χ1n) is 11.7. The second-order valence-electron chi connectivity index (χ2n) is 10.1. The van der Waals surface area contributed by atoms with Crippen LogP contribution in [0.1, 0.15) is 72.9 Å². The van der Waals surface area contributed by atoms with Crippen LogP contribution in [0.25, 0.3) is 0 Å². The Labute approximate surface area is 183 Å². The van der Waals surface area contributed by atoms with Gasteiger partial charge in [0.1, 0.15) is 6.04 Å². The number of imide groups is 1. The molecular weight excluding hydrogens is 392 g/mol. The van der Waals surface area contributed by atoms with Crippen LogP contribution in [0.5, 0.6) is 0 Å². The number of hydrogen-bond acceptors (Lipinski definition) is 5. The lowest BCUT2D eigenvalue weighted by atomic mass is 9.57. The van der Waals surface area contributed by atoms with Crippen LogP contribution < -0.4 is 16.4 Å². The Morgan fingerprint density at radius 2 is 1.90 bits per heavy atom. The van der Waals surface area contributed by atoms with E-state index in [0.717, 1.165) is 24.2 Å². The molecule has 2 aliphatic heterocycles. The van der Waals surface area contributed by atoms with Crippen molar-refractivity contribution in [2.45, 2.75) is 76.5 Å². The molecule has 2 heterocycles. The number of rotatable bonds is 5. The Hall–Kier alpha value is -2.25. The number of nitrogens with zero attached hydrogens (tertiary/aromatic N) is 1. The lowest BCUT2D eigenvalue weighted by molar-refractivity contribution is -0.136. The van der Waals surface area contributed by atoms with Crippen LogP contribution in [0.15, 0.2) is 18.2 Å². The Morgan fingerprint density at radius 1 is 1.13 bits per heavy atom. The normalized spacial score (nSPS) is 32.7. The summed E-state index contributed by atoms with van der Waals surface area (Å²) in [6.07, 6.45) is 8.25. The zero-order valence-electron chi connectivity index (χ0n) is 18.0. The summed E-state index contributed by atoms with van der Waals surface area (Å²) >= 11 is 0. The number of nitrogens with two attached hydrogens (primary N) is 1. The zero-order valence-corrected chi connectivity index (χ0v) is 18.0. The maximum Gasteiger partial charge on any atom is 0.255 e. The molecule has 1 saturated heterocycles. The molecule has 2 saturated carbocycles. The van der Waals surface area contributed by atoms with Gasteiger partial charge in [-0.25, -0.2) is 0 Å². The summed E-state index contributed by atoms with van der Waals surface area (Å²) in [5.74, 6) is -0.0212. The maximum absolute atomic E-state index is 12.9. The molecule has 2 aliphatic carbocycles. The fourth-order valence-corrected chi connectivity index (χ4v) is 6.18. The van der Waals surface area contributed by atoms with Gasteiger partial charge in [0.2, 0.25) is 11.8 Å². The van der Waals surface area contributed by atoms with Crippen molar-refractivity contribution in [1.82, 2.24) is 15.5 Å². The molecule has 1 spiro atoms. The molecule has 31 heavy (non-hydrogen) atoms. The molecule has 3 amide bonds. The first-order valence-corrected chi connectivity index (χ1v) is 11.7. The molecule has 7 nitrogen and oxygen atoms in total. The molecule has 5 rings (SSSR count). The third-order valence-electron chi connectivity index (χ3n) is 7.98. The molecule has 4 N–H and O–H groups in total. The van der Waals surface area contributed by atoms with Gasteiger partial charge in [-0.3, -0.25) is 19.7 Å². The number of piperidine rings is 1. The number of amides is 3. The van der Waals surface area contributed by atoms with E-state index in [0.29, 0.717) is 35.9 Å². The predicted octanol–water partition coefficient (Wildman–Crippen LogP) is 1.83. The number of benzene rings is 1. The van der Waals surface area contributed by atoms with Gasteiger partial charge in [-0.2, -0.15) is 0 Å². The van der Waals surface area contributed by atoms with Gasteiger partial charge in [-0.15, -0.1) is 0 Å². The van der Waals surface area contributed by atoms with Crippen LogP contribution in [-0.4, -0.2) is 41.2 Å². The first-order chi connectivity index (χ1) is 14.9. The summed E-state index contributed by atoms with van der Waals surface area (Å²) in [6.45, 7) is 2.16. The highest BCUT2D eigenvalue weighted by atomic mass is 16.2. The molecule has 0 aromatic heterocycles. The topological polar surface area (TPSA) is 105 Å². The second-order valence-corrected chi connectivity index (χ2v) is 10.1. The van der Waals surface area contributed by atoms with Crippen LogP contribution in [0, 0.1) is 11.3 Å². The Morgan fingerprint density at radius 3 is 2.61 bits per heavy atom.